The molecule has 0 bridgehead atoms. The molecule has 0 spiro atoms. The van der Waals surface area contributed by atoms with E-state index in [0.717, 1.165) is 23.1 Å². The lowest BCUT2D eigenvalue weighted by atomic mass is 10.2. The van der Waals surface area contributed by atoms with Crippen molar-refractivity contribution in [3.8, 4) is 11.5 Å². The van der Waals surface area contributed by atoms with Crippen LogP contribution in [-0.2, 0) is 12.8 Å². The highest BCUT2D eigenvalue weighted by molar-refractivity contribution is 5.87. The Morgan fingerprint density at radius 1 is 1.05 bits per heavy atom. The Balaban J connectivity index is 1.75. The Bertz CT molecular complexity index is 791. The minimum absolute atomic E-state index is 0.137. The van der Waals surface area contributed by atoms with Crippen molar-refractivity contribution in [3.05, 3.63) is 59.8 Å². The largest absolute Gasteiger partial charge is 0.506 e. The number of H-pyrrole nitrogens is 1. The van der Waals surface area contributed by atoms with Crippen molar-refractivity contribution in [2.24, 2.45) is 0 Å². The second-order valence-electron chi connectivity index (χ2n) is 4.82. The lowest BCUT2D eigenvalue weighted by Gasteiger charge is -2.09. The van der Waals surface area contributed by atoms with E-state index in [0.29, 0.717) is 11.3 Å². The summed E-state index contributed by atoms with van der Waals surface area (Å²) >= 11 is 0. The number of halogens is 3. The van der Waals surface area contributed by atoms with Crippen LogP contribution in [0.4, 0.5) is 13.2 Å². The van der Waals surface area contributed by atoms with E-state index in [9.17, 15) is 18.3 Å². The average molecular weight is 307 g/mol. The van der Waals surface area contributed by atoms with Crippen LogP contribution < -0.4 is 4.74 Å². The van der Waals surface area contributed by atoms with Gasteiger partial charge in [0.25, 0.3) is 0 Å². The molecule has 0 amide bonds. The van der Waals surface area contributed by atoms with Gasteiger partial charge in [0.15, 0.2) is 0 Å². The molecule has 0 aliphatic rings. The van der Waals surface area contributed by atoms with Crippen molar-refractivity contribution in [3.63, 3.8) is 0 Å². The summed E-state index contributed by atoms with van der Waals surface area (Å²) in [4.78, 5) is 2.94. The summed E-state index contributed by atoms with van der Waals surface area (Å²) in [5.41, 5.74) is 0.705. The predicted octanol–water partition coefficient (Wildman–Crippen LogP) is 4.47. The maximum absolute atomic E-state index is 12.5. The summed E-state index contributed by atoms with van der Waals surface area (Å²) in [6.07, 6.45) is -2.65. The molecule has 114 valence electrons. The fraction of sp³-hybridized carbons (Fsp3) is 0.125. The molecule has 0 aliphatic carbocycles. The molecule has 22 heavy (non-hydrogen) atoms. The highest BCUT2D eigenvalue weighted by atomic mass is 19.4. The zero-order chi connectivity index (χ0) is 15.7. The van der Waals surface area contributed by atoms with E-state index in [1.54, 1.807) is 18.3 Å². The van der Waals surface area contributed by atoms with Crippen LogP contribution in [0.1, 0.15) is 11.1 Å². The van der Waals surface area contributed by atoms with Gasteiger partial charge < -0.3 is 14.8 Å². The Hall–Kier alpha value is -2.63. The number of alkyl halides is 3. The van der Waals surface area contributed by atoms with E-state index in [4.69, 9.17) is 4.74 Å². The second-order valence-corrected chi connectivity index (χ2v) is 4.82. The third-order valence-corrected chi connectivity index (χ3v) is 3.36. The smallest absolute Gasteiger partial charge is 0.416 e. The Morgan fingerprint density at radius 2 is 1.77 bits per heavy atom. The fourth-order valence-electron chi connectivity index (χ4n) is 2.22. The monoisotopic (exact) mass is 307 g/mol. The number of aromatic nitrogens is 1. The summed E-state index contributed by atoms with van der Waals surface area (Å²) < 4.78 is 42.9. The Labute approximate surface area is 124 Å². The third-order valence-electron chi connectivity index (χ3n) is 3.36. The Morgan fingerprint density at radius 3 is 2.45 bits per heavy atom. The molecular formula is C16H12F3NO2. The highest BCUT2D eigenvalue weighted by Crippen LogP contribution is 2.31. The zero-order valence-corrected chi connectivity index (χ0v) is 11.3. The molecule has 1 aromatic heterocycles. The lowest BCUT2D eigenvalue weighted by Crippen LogP contribution is -2.04. The number of aromatic hydroxyl groups is 1. The number of hydrogen-bond donors (Lipinski definition) is 2. The topological polar surface area (TPSA) is 45.2 Å². The van der Waals surface area contributed by atoms with Crippen LogP contribution in [-0.4, -0.2) is 10.1 Å². The van der Waals surface area contributed by atoms with Gasteiger partial charge in [-0.3, -0.25) is 0 Å². The van der Waals surface area contributed by atoms with Gasteiger partial charge in [0.2, 0.25) is 0 Å². The zero-order valence-electron chi connectivity index (χ0n) is 11.3. The number of benzene rings is 2. The molecular weight excluding hydrogens is 295 g/mol. The average Bonchev–Trinajstić information content (AvgIpc) is 2.89. The molecule has 1 heterocycles. The molecule has 2 N–H and O–H groups in total. The summed E-state index contributed by atoms with van der Waals surface area (Å²) in [6.45, 7) is 0.189. The summed E-state index contributed by atoms with van der Waals surface area (Å²) in [7, 11) is 0. The minimum atomic E-state index is -4.35. The van der Waals surface area contributed by atoms with Gasteiger partial charge in [-0.05, 0) is 30.3 Å². The molecule has 6 heteroatoms. The van der Waals surface area contributed by atoms with Crippen LogP contribution in [0.15, 0.2) is 48.7 Å². The molecule has 0 saturated heterocycles. The maximum Gasteiger partial charge on any atom is 0.416 e. The fourth-order valence-corrected chi connectivity index (χ4v) is 2.22. The molecule has 3 aromatic rings. The number of para-hydroxylation sites is 1. The van der Waals surface area contributed by atoms with Crippen molar-refractivity contribution >= 4 is 10.9 Å². The van der Waals surface area contributed by atoms with Gasteiger partial charge in [0.1, 0.15) is 18.1 Å². The number of fused-ring (bicyclic) bond motifs is 1. The molecule has 0 aliphatic heterocycles. The van der Waals surface area contributed by atoms with E-state index in [2.05, 4.69) is 4.98 Å². The van der Waals surface area contributed by atoms with E-state index in [1.165, 1.54) is 12.1 Å². The second kappa shape index (κ2) is 5.29. The van der Waals surface area contributed by atoms with Gasteiger partial charge in [0, 0.05) is 17.1 Å². The summed E-state index contributed by atoms with van der Waals surface area (Å²) in [6, 6.07) is 9.65. The van der Waals surface area contributed by atoms with Crippen LogP contribution >= 0.6 is 0 Å². The predicted molar refractivity (Wildman–Crippen MR) is 75.7 cm³/mol. The van der Waals surface area contributed by atoms with Crippen LogP contribution in [0.5, 0.6) is 11.5 Å². The SMILES string of the molecule is Oc1cccc2c(COc3ccc(C(F)(F)F)cc3)c[nH]c12. The molecule has 3 rings (SSSR count). The van der Waals surface area contributed by atoms with E-state index in [-0.39, 0.29) is 12.4 Å². The van der Waals surface area contributed by atoms with Gasteiger partial charge in [-0.1, -0.05) is 12.1 Å². The van der Waals surface area contributed by atoms with Crippen molar-refractivity contribution in [1.29, 1.82) is 0 Å². The number of aromatic amines is 1. The quantitative estimate of drug-likeness (QED) is 0.750. The van der Waals surface area contributed by atoms with Gasteiger partial charge >= 0.3 is 6.18 Å². The maximum atomic E-state index is 12.5. The van der Waals surface area contributed by atoms with Crippen LogP contribution in [0.2, 0.25) is 0 Å². The number of ether oxygens (including phenoxy) is 1. The van der Waals surface area contributed by atoms with Crippen molar-refractivity contribution in [2.75, 3.05) is 0 Å². The number of nitrogens with one attached hydrogen (secondary N) is 1. The van der Waals surface area contributed by atoms with Crippen LogP contribution in [0.3, 0.4) is 0 Å². The molecule has 0 radical (unpaired) electrons. The summed E-state index contributed by atoms with van der Waals surface area (Å²) in [5.74, 6) is 0.487. The van der Waals surface area contributed by atoms with Gasteiger partial charge in [0.05, 0.1) is 11.1 Å². The Kier molecular flexibility index (Phi) is 3.44. The van der Waals surface area contributed by atoms with Crippen molar-refractivity contribution in [1.82, 2.24) is 4.98 Å². The lowest BCUT2D eigenvalue weighted by molar-refractivity contribution is -0.137. The van der Waals surface area contributed by atoms with Gasteiger partial charge in [-0.2, -0.15) is 13.2 Å². The third kappa shape index (κ3) is 2.72. The minimum Gasteiger partial charge on any atom is -0.506 e. The summed E-state index contributed by atoms with van der Waals surface area (Å²) in [5, 5.41) is 10.5. The highest BCUT2D eigenvalue weighted by Gasteiger charge is 2.30. The number of rotatable bonds is 3. The first-order chi connectivity index (χ1) is 10.4. The first-order valence-electron chi connectivity index (χ1n) is 6.53. The van der Waals surface area contributed by atoms with Crippen molar-refractivity contribution < 1.29 is 23.0 Å². The van der Waals surface area contributed by atoms with Crippen LogP contribution in [0.25, 0.3) is 10.9 Å². The molecule has 0 atom stereocenters. The molecule has 0 saturated carbocycles. The van der Waals surface area contributed by atoms with E-state index >= 15 is 0 Å². The number of phenols is 1. The van der Waals surface area contributed by atoms with Gasteiger partial charge in [-0.15, -0.1) is 0 Å². The number of phenolic OH excluding ortho intramolecular Hbond substituents is 1. The van der Waals surface area contributed by atoms with Gasteiger partial charge in [-0.25, -0.2) is 0 Å². The normalized spacial score (nSPS) is 11.8. The molecule has 3 nitrogen and oxygen atoms in total. The number of hydrogen-bond acceptors (Lipinski definition) is 2. The van der Waals surface area contributed by atoms with E-state index in [1.807, 2.05) is 6.07 Å². The van der Waals surface area contributed by atoms with Crippen LogP contribution in [0, 0.1) is 0 Å². The molecule has 0 fully saturated rings. The molecule has 2 aromatic carbocycles. The standard InChI is InChI=1S/C16H12F3NO2/c17-16(18,19)11-4-6-12(7-5-11)22-9-10-8-20-15-13(10)2-1-3-14(15)21/h1-8,20-21H,9H2. The first kappa shape index (κ1) is 14.3. The first-order valence-corrected chi connectivity index (χ1v) is 6.53. The molecule has 0 unspecified atom stereocenters. The van der Waals surface area contributed by atoms with Crippen molar-refractivity contribution in [2.45, 2.75) is 12.8 Å². The van der Waals surface area contributed by atoms with E-state index < -0.39 is 11.7 Å².